The van der Waals surface area contributed by atoms with Crippen LogP contribution in [0.15, 0.2) is 54.9 Å². The lowest BCUT2D eigenvalue weighted by molar-refractivity contribution is 0.463. The van der Waals surface area contributed by atoms with Gasteiger partial charge in [0.1, 0.15) is 5.75 Å². The first-order valence-corrected chi connectivity index (χ1v) is 5.74. The Kier molecular flexibility index (Phi) is 2.79. The molecule has 1 aromatic carbocycles. The molecule has 0 aliphatic heterocycles. The third kappa shape index (κ3) is 2.35. The van der Waals surface area contributed by atoms with Crippen molar-refractivity contribution in [1.82, 2.24) is 9.97 Å². The molecule has 0 saturated carbocycles. The van der Waals surface area contributed by atoms with Crippen LogP contribution >= 0.6 is 0 Å². The summed E-state index contributed by atoms with van der Waals surface area (Å²) in [7, 11) is 0. The predicted octanol–water partition coefficient (Wildman–Crippen LogP) is 3.29. The van der Waals surface area contributed by atoms with E-state index in [1.807, 2.05) is 30.3 Å². The Morgan fingerprint density at radius 1 is 1.00 bits per heavy atom. The normalized spacial score (nSPS) is 10.1. The van der Waals surface area contributed by atoms with E-state index in [-0.39, 0.29) is 0 Å². The highest BCUT2D eigenvalue weighted by Crippen LogP contribution is 2.23. The monoisotopic (exact) mass is 247 g/mol. The molecule has 0 bridgehead atoms. The summed E-state index contributed by atoms with van der Waals surface area (Å²) >= 11 is 0. The molecule has 2 aromatic heterocycles. The SMILES string of the molecule is N#Cc1ccnc(Oc2ccc3cccnc3c2)c1. The van der Waals surface area contributed by atoms with Gasteiger partial charge in [-0.2, -0.15) is 5.26 Å². The molecule has 0 radical (unpaired) electrons. The maximum absolute atomic E-state index is 8.83. The van der Waals surface area contributed by atoms with E-state index in [2.05, 4.69) is 16.0 Å². The second kappa shape index (κ2) is 4.75. The van der Waals surface area contributed by atoms with Crippen molar-refractivity contribution in [3.05, 3.63) is 60.4 Å². The number of nitriles is 1. The largest absolute Gasteiger partial charge is 0.439 e. The van der Waals surface area contributed by atoms with Crippen LogP contribution in [0.1, 0.15) is 5.56 Å². The molecule has 0 amide bonds. The van der Waals surface area contributed by atoms with Crippen molar-refractivity contribution in [1.29, 1.82) is 5.26 Å². The molecule has 0 fully saturated rings. The lowest BCUT2D eigenvalue weighted by atomic mass is 10.2. The molecule has 4 heteroatoms. The zero-order valence-corrected chi connectivity index (χ0v) is 9.95. The van der Waals surface area contributed by atoms with Crippen LogP contribution in [0.5, 0.6) is 11.6 Å². The van der Waals surface area contributed by atoms with Crippen LogP contribution in [0.3, 0.4) is 0 Å². The van der Waals surface area contributed by atoms with Crippen LogP contribution in [-0.2, 0) is 0 Å². The Bertz CT molecular complexity index is 777. The van der Waals surface area contributed by atoms with Gasteiger partial charge < -0.3 is 4.74 Å². The summed E-state index contributed by atoms with van der Waals surface area (Å²) < 4.78 is 5.63. The van der Waals surface area contributed by atoms with Crippen molar-refractivity contribution in [2.24, 2.45) is 0 Å². The zero-order valence-electron chi connectivity index (χ0n) is 9.95. The fourth-order valence-corrected chi connectivity index (χ4v) is 1.77. The fraction of sp³-hybridized carbons (Fsp3) is 0. The second-order valence-corrected chi connectivity index (χ2v) is 3.95. The van der Waals surface area contributed by atoms with Crippen LogP contribution in [-0.4, -0.2) is 9.97 Å². The van der Waals surface area contributed by atoms with E-state index >= 15 is 0 Å². The van der Waals surface area contributed by atoms with Gasteiger partial charge in [-0.15, -0.1) is 0 Å². The summed E-state index contributed by atoms with van der Waals surface area (Å²) in [5.41, 5.74) is 1.38. The Morgan fingerprint density at radius 3 is 2.84 bits per heavy atom. The van der Waals surface area contributed by atoms with Gasteiger partial charge in [-0.1, -0.05) is 6.07 Å². The summed E-state index contributed by atoms with van der Waals surface area (Å²) in [4.78, 5) is 8.33. The fourth-order valence-electron chi connectivity index (χ4n) is 1.77. The Labute approximate surface area is 109 Å². The highest BCUT2D eigenvalue weighted by molar-refractivity contribution is 5.79. The number of aromatic nitrogens is 2. The van der Waals surface area contributed by atoms with E-state index in [4.69, 9.17) is 10.00 Å². The molecular weight excluding hydrogens is 238 g/mol. The van der Waals surface area contributed by atoms with Crippen molar-refractivity contribution in [2.75, 3.05) is 0 Å². The minimum Gasteiger partial charge on any atom is -0.439 e. The quantitative estimate of drug-likeness (QED) is 0.697. The second-order valence-electron chi connectivity index (χ2n) is 3.95. The molecule has 2 heterocycles. The molecule has 0 saturated heterocycles. The number of fused-ring (bicyclic) bond motifs is 1. The molecule has 19 heavy (non-hydrogen) atoms. The summed E-state index contributed by atoms with van der Waals surface area (Å²) in [5, 5.41) is 9.88. The maximum atomic E-state index is 8.83. The van der Waals surface area contributed by atoms with Gasteiger partial charge in [0.25, 0.3) is 0 Å². The number of hydrogen-bond donors (Lipinski definition) is 0. The third-order valence-corrected chi connectivity index (χ3v) is 2.66. The molecule has 90 valence electrons. The molecule has 0 spiro atoms. The van der Waals surface area contributed by atoms with Crippen molar-refractivity contribution >= 4 is 10.9 Å². The first-order valence-electron chi connectivity index (χ1n) is 5.74. The molecule has 0 N–H and O–H groups in total. The highest BCUT2D eigenvalue weighted by atomic mass is 16.5. The smallest absolute Gasteiger partial charge is 0.220 e. The Balaban J connectivity index is 1.94. The molecular formula is C15H9N3O. The number of nitrogens with zero attached hydrogens (tertiary/aromatic N) is 3. The van der Waals surface area contributed by atoms with E-state index in [0.29, 0.717) is 17.2 Å². The van der Waals surface area contributed by atoms with Crippen LogP contribution in [0.4, 0.5) is 0 Å². The molecule has 0 aliphatic rings. The van der Waals surface area contributed by atoms with Gasteiger partial charge in [-0.05, 0) is 24.3 Å². The third-order valence-electron chi connectivity index (χ3n) is 2.66. The number of hydrogen-bond acceptors (Lipinski definition) is 4. The summed E-state index contributed by atoms with van der Waals surface area (Å²) in [6, 6.07) is 14.8. The first kappa shape index (κ1) is 11.2. The van der Waals surface area contributed by atoms with Crippen molar-refractivity contribution in [3.63, 3.8) is 0 Å². The van der Waals surface area contributed by atoms with E-state index in [0.717, 1.165) is 10.9 Å². The van der Waals surface area contributed by atoms with Gasteiger partial charge >= 0.3 is 0 Å². The topological polar surface area (TPSA) is 58.8 Å². The average Bonchev–Trinajstić information content (AvgIpc) is 2.47. The van der Waals surface area contributed by atoms with Crippen LogP contribution in [0.2, 0.25) is 0 Å². The number of pyridine rings is 2. The highest BCUT2D eigenvalue weighted by Gasteiger charge is 2.02. The minimum atomic E-state index is 0.398. The van der Waals surface area contributed by atoms with Crippen LogP contribution in [0.25, 0.3) is 10.9 Å². The van der Waals surface area contributed by atoms with Gasteiger partial charge in [0.05, 0.1) is 17.1 Å². The van der Waals surface area contributed by atoms with E-state index in [9.17, 15) is 0 Å². The Hall–Kier alpha value is -2.93. The van der Waals surface area contributed by atoms with E-state index < -0.39 is 0 Å². The lowest BCUT2D eigenvalue weighted by Crippen LogP contribution is -1.89. The van der Waals surface area contributed by atoms with Crippen molar-refractivity contribution < 1.29 is 4.74 Å². The molecule has 3 rings (SSSR count). The molecule has 4 nitrogen and oxygen atoms in total. The standard InChI is InChI=1S/C15H9N3O/c16-10-11-5-7-18-15(8-11)19-13-4-3-12-2-1-6-17-14(12)9-13/h1-9H. The first-order chi connectivity index (χ1) is 9.35. The van der Waals surface area contributed by atoms with Crippen LogP contribution in [0, 0.1) is 11.3 Å². The molecule has 3 aromatic rings. The van der Waals surface area contributed by atoms with Gasteiger partial charge in [0.2, 0.25) is 5.88 Å². The van der Waals surface area contributed by atoms with Crippen molar-refractivity contribution in [3.8, 4) is 17.7 Å². The van der Waals surface area contributed by atoms with Crippen LogP contribution < -0.4 is 4.74 Å². The minimum absolute atomic E-state index is 0.398. The maximum Gasteiger partial charge on any atom is 0.220 e. The summed E-state index contributed by atoms with van der Waals surface area (Å²) in [6.45, 7) is 0. The number of benzene rings is 1. The molecule has 0 atom stereocenters. The van der Waals surface area contributed by atoms with E-state index in [1.54, 1.807) is 24.5 Å². The molecule has 0 unspecified atom stereocenters. The van der Waals surface area contributed by atoms with E-state index in [1.165, 1.54) is 0 Å². The summed E-state index contributed by atoms with van der Waals surface area (Å²) in [6.07, 6.45) is 3.29. The van der Waals surface area contributed by atoms with Gasteiger partial charge in [0, 0.05) is 29.9 Å². The lowest BCUT2D eigenvalue weighted by Gasteiger charge is -2.05. The van der Waals surface area contributed by atoms with Gasteiger partial charge in [-0.25, -0.2) is 4.98 Å². The number of rotatable bonds is 2. The van der Waals surface area contributed by atoms with Gasteiger partial charge in [-0.3, -0.25) is 4.98 Å². The average molecular weight is 247 g/mol. The molecule has 0 aliphatic carbocycles. The van der Waals surface area contributed by atoms with Gasteiger partial charge in [0.15, 0.2) is 0 Å². The predicted molar refractivity (Wildman–Crippen MR) is 70.8 cm³/mol. The zero-order chi connectivity index (χ0) is 13.1. The summed E-state index contributed by atoms with van der Waals surface area (Å²) in [5.74, 6) is 1.04. The van der Waals surface area contributed by atoms with Crippen molar-refractivity contribution in [2.45, 2.75) is 0 Å². The number of ether oxygens (including phenoxy) is 1. The Morgan fingerprint density at radius 2 is 1.95 bits per heavy atom.